The number of rotatable bonds is 5. The highest BCUT2D eigenvalue weighted by molar-refractivity contribution is 5.75. The molecule has 3 aromatic rings. The Balaban J connectivity index is 1.44. The van der Waals surface area contributed by atoms with E-state index in [-0.39, 0.29) is 12.1 Å². The summed E-state index contributed by atoms with van der Waals surface area (Å²) in [4.78, 5) is 19.0. The number of nitrogens with one attached hydrogen (secondary N) is 1. The number of amides is 2. The van der Waals surface area contributed by atoms with Gasteiger partial charge in [0.1, 0.15) is 11.8 Å². The van der Waals surface area contributed by atoms with E-state index in [4.69, 9.17) is 9.26 Å². The number of ether oxygens (including phenoxy) is 1. The molecule has 0 radical (unpaired) electrons. The first-order chi connectivity index (χ1) is 13.7. The molecule has 7 nitrogen and oxygen atoms in total. The Kier molecular flexibility index (Phi) is 5.23. The number of hydrogen-bond donors (Lipinski definition) is 1. The van der Waals surface area contributed by atoms with Gasteiger partial charge < -0.3 is 19.5 Å². The normalized spacial score (nSPS) is 16.2. The fourth-order valence-electron chi connectivity index (χ4n) is 3.37. The summed E-state index contributed by atoms with van der Waals surface area (Å²) < 4.78 is 10.7. The smallest absolute Gasteiger partial charge is 0.318 e. The Morgan fingerprint density at radius 1 is 1.21 bits per heavy atom. The molecule has 1 saturated heterocycles. The van der Waals surface area contributed by atoms with Crippen molar-refractivity contribution in [2.24, 2.45) is 0 Å². The summed E-state index contributed by atoms with van der Waals surface area (Å²) in [5.74, 6) is 1.75. The van der Waals surface area contributed by atoms with Crippen molar-refractivity contribution >= 4 is 6.03 Å². The Morgan fingerprint density at radius 2 is 2.00 bits per heavy atom. The predicted molar refractivity (Wildman–Crippen MR) is 104 cm³/mol. The van der Waals surface area contributed by atoms with Crippen LogP contribution in [0.1, 0.15) is 30.3 Å². The average Bonchev–Trinajstić information content (AvgIpc) is 3.42. The van der Waals surface area contributed by atoms with Gasteiger partial charge in [0.2, 0.25) is 11.7 Å². The van der Waals surface area contributed by atoms with E-state index >= 15 is 0 Å². The van der Waals surface area contributed by atoms with E-state index in [1.165, 1.54) is 0 Å². The van der Waals surface area contributed by atoms with E-state index in [0.29, 0.717) is 24.8 Å². The van der Waals surface area contributed by atoms with Gasteiger partial charge in [-0.3, -0.25) is 0 Å². The van der Waals surface area contributed by atoms with Crippen molar-refractivity contribution < 1.29 is 14.1 Å². The second-order valence-corrected chi connectivity index (χ2v) is 6.68. The molecule has 4 rings (SSSR count). The summed E-state index contributed by atoms with van der Waals surface area (Å²) in [6.07, 6.45) is 1.71. The van der Waals surface area contributed by atoms with Gasteiger partial charge in [0.15, 0.2) is 0 Å². The molecule has 1 unspecified atom stereocenters. The average molecular weight is 378 g/mol. The van der Waals surface area contributed by atoms with Crippen LogP contribution in [-0.2, 0) is 6.54 Å². The van der Waals surface area contributed by atoms with Crippen molar-refractivity contribution in [3.8, 4) is 17.1 Å². The molecular weight excluding hydrogens is 356 g/mol. The molecule has 28 heavy (non-hydrogen) atoms. The largest absolute Gasteiger partial charge is 0.497 e. The Hall–Kier alpha value is -3.35. The van der Waals surface area contributed by atoms with Gasteiger partial charge >= 0.3 is 6.03 Å². The monoisotopic (exact) mass is 378 g/mol. The van der Waals surface area contributed by atoms with Crippen LogP contribution >= 0.6 is 0 Å². The Labute approximate surface area is 163 Å². The molecule has 1 N–H and O–H groups in total. The van der Waals surface area contributed by atoms with Crippen molar-refractivity contribution in [3.63, 3.8) is 0 Å². The van der Waals surface area contributed by atoms with Crippen LogP contribution in [0.3, 0.4) is 0 Å². The zero-order valence-electron chi connectivity index (χ0n) is 15.7. The zero-order valence-corrected chi connectivity index (χ0v) is 15.7. The fraction of sp³-hybridized carbons (Fsp3) is 0.286. The fourth-order valence-corrected chi connectivity index (χ4v) is 3.37. The third-order valence-electron chi connectivity index (χ3n) is 4.88. The maximum Gasteiger partial charge on any atom is 0.318 e. The number of urea groups is 1. The van der Waals surface area contributed by atoms with Gasteiger partial charge in [-0.2, -0.15) is 4.98 Å². The van der Waals surface area contributed by atoms with Gasteiger partial charge in [-0.15, -0.1) is 0 Å². The zero-order chi connectivity index (χ0) is 19.3. The van der Waals surface area contributed by atoms with Gasteiger partial charge in [0.25, 0.3) is 0 Å². The molecule has 1 fully saturated rings. The molecule has 0 saturated carbocycles. The first-order valence-corrected chi connectivity index (χ1v) is 9.31. The SMILES string of the molecule is COc1ccc(-c2noc(C3CCCN3C(=O)NCc3ccccc3)n2)cc1. The Morgan fingerprint density at radius 3 is 2.75 bits per heavy atom. The van der Waals surface area contributed by atoms with E-state index in [9.17, 15) is 4.79 Å². The van der Waals surface area contributed by atoms with Crippen LogP contribution in [0.5, 0.6) is 5.75 Å². The molecule has 1 atom stereocenters. The summed E-state index contributed by atoms with van der Waals surface area (Å²) >= 11 is 0. The summed E-state index contributed by atoms with van der Waals surface area (Å²) in [6.45, 7) is 1.16. The first kappa shape index (κ1) is 18.0. The maximum atomic E-state index is 12.7. The number of nitrogens with zero attached hydrogens (tertiary/aromatic N) is 3. The summed E-state index contributed by atoms with van der Waals surface area (Å²) in [5.41, 5.74) is 1.90. The molecule has 1 aliphatic heterocycles. The lowest BCUT2D eigenvalue weighted by atomic mass is 10.2. The lowest BCUT2D eigenvalue weighted by Gasteiger charge is -2.22. The summed E-state index contributed by atoms with van der Waals surface area (Å²) in [6, 6.07) is 17.0. The second-order valence-electron chi connectivity index (χ2n) is 6.68. The van der Waals surface area contributed by atoms with E-state index in [0.717, 1.165) is 29.7 Å². The minimum absolute atomic E-state index is 0.115. The van der Waals surface area contributed by atoms with Crippen LogP contribution in [0.4, 0.5) is 4.79 Å². The number of likely N-dealkylation sites (tertiary alicyclic amines) is 1. The molecule has 144 valence electrons. The minimum Gasteiger partial charge on any atom is -0.497 e. The van der Waals surface area contributed by atoms with Crippen LogP contribution in [0.2, 0.25) is 0 Å². The van der Waals surface area contributed by atoms with E-state index in [1.807, 2.05) is 54.6 Å². The molecule has 2 amide bonds. The topological polar surface area (TPSA) is 80.5 Å². The van der Waals surface area contributed by atoms with Crippen LogP contribution in [0, 0.1) is 0 Å². The van der Waals surface area contributed by atoms with Gasteiger partial charge in [-0.05, 0) is 42.7 Å². The maximum absolute atomic E-state index is 12.7. The molecule has 0 spiro atoms. The summed E-state index contributed by atoms with van der Waals surface area (Å²) in [5, 5.41) is 7.06. The number of hydrogen-bond acceptors (Lipinski definition) is 5. The first-order valence-electron chi connectivity index (χ1n) is 9.31. The highest BCUT2D eigenvalue weighted by atomic mass is 16.5. The molecule has 1 aliphatic rings. The number of carbonyl (C=O) groups is 1. The van der Waals surface area contributed by atoms with Crippen molar-refractivity contribution in [3.05, 3.63) is 66.1 Å². The van der Waals surface area contributed by atoms with Crippen LogP contribution in [0.15, 0.2) is 59.1 Å². The van der Waals surface area contributed by atoms with Crippen molar-refractivity contribution in [2.75, 3.05) is 13.7 Å². The number of carbonyl (C=O) groups excluding carboxylic acids is 1. The third-order valence-corrected chi connectivity index (χ3v) is 4.88. The van der Waals surface area contributed by atoms with Crippen LogP contribution in [0.25, 0.3) is 11.4 Å². The van der Waals surface area contributed by atoms with E-state index in [2.05, 4.69) is 15.5 Å². The predicted octanol–water partition coefficient (Wildman–Crippen LogP) is 3.79. The van der Waals surface area contributed by atoms with Crippen LogP contribution < -0.4 is 10.1 Å². The second kappa shape index (κ2) is 8.12. The van der Waals surface area contributed by atoms with Gasteiger partial charge in [-0.1, -0.05) is 35.5 Å². The molecule has 0 aliphatic carbocycles. The Bertz CT molecular complexity index is 924. The quantitative estimate of drug-likeness (QED) is 0.731. The standard InChI is InChI=1S/C21H22N4O3/c1-27-17-11-9-16(10-12-17)19-23-20(28-24-19)18-8-5-13-25(18)21(26)22-14-15-6-3-2-4-7-15/h2-4,6-7,9-12,18H,5,8,13-14H2,1H3,(H,22,26). The van der Waals surface area contributed by atoms with Crippen molar-refractivity contribution in [1.82, 2.24) is 20.4 Å². The highest BCUT2D eigenvalue weighted by Crippen LogP contribution is 2.32. The molecule has 7 heteroatoms. The van der Waals surface area contributed by atoms with Crippen molar-refractivity contribution in [1.29, 1.82) is 0 Å². The van der Waals surface area contributed by atoms with Crippen LogP contribution in [-0.4, -0.2) is 34.7 Å². The summed E-state index contributed by atoms with van der Waals surface area (Å²) in [7, 11) is 1.62. The lowest BCUT2D eigenvalue weighted by Crippen LogP contribution is -2.39. The van der Waals surface area contributed by atoms with E-state index < -0.39 is 0 Å². The lowest BCUT2D eigenvalue weighted by molar-refractivity contribution is 0.180. The molecule has 1 aromatic heterocycles. The molecule has 2 aromatic carbocycles. The number of methoxy groups -OCH3 is 1. The number of aromatic nitrogens is 2. The highest BCUT2D eigenvalue weighted by Gasteiger charge is 2.34. The molecule has 2 heterocycles. The van der Waals surface area contributed by atoms with E-state index in [1.54, 1.807) is 12.0 Å². The van der Waals surface area contributed by atoms with Gasteiger partial charge in [0.05, 0.1) is 7.11 Å². The minimum atomic E-state index is -0.199. The third kappa shape index (κ3) is 3.83. The van der Waals surface area contributed by atoms with Gasteiger partial charge in [-0.25, -0.2) is 4.79 Å². The van der Waals surface area contributed by atoms with Gasteiger partial charge in [0, 0.05) is 18.7 Å². The molecular formula is C21H22N4O3. The number of benzene rings is 2. The molecule has 0 bridgehead atoms. The van der Waals surface area contributed by atoms with Crippen molar-refractivity contribution in [2.45, 2.75) is 25.4 Å².